The highest BCUT2D eigenvalue weighted by atomic mass is 35.5. The Balaban J connectivity index is 1.27. The number of amides is 2. The maximum absolute atomic E-state index is 12.7. The number of anilines is 2. The van der Waals surface area contributed by atoms with Crippen molar-refractivity contribution in [3.05, 3.63) is 90.0 Å². The predicted molar refractivity (Wildman–Crippen MR) is 136 cm³/mol. The highest BCUT2D eigenvalue weighted by Crippen LogP contribution is 2.24. The van der Waals surface area contributed by atoms with Crippen molar-refractivity contribution < 1.29 is 14.3 Å². The number of halogens is 1. The molecule has 1 heterocycles. The van der Waals surface area contributed by atoms with E-state index in [-0.39, 0.29) is 11.8 Å². The number of rotatable bonds is 7. The van der Waals surface area contributed by atoms with E-state index in [0.717, 1.165) is 35.7 Å². The van der Waals surface area contributed by atoms with E-state index in [1.807, 2.05) is 83.8 Å². The molecule has 3 aromatic carbocycles. The quantitative estimate of drug-likeness (QED) is 0.509. The number of nitrogens with zero attached hydrogens (tertiary/aromatic N) is 2. The van der Waals surface area contributed by atoms with Crippen LogP contribution in [0, 0.1) is 0 Å². The molecule has 0 aromatic heterocycles. The van der Waals surface area contributed by atoms with Gasteiger partial charge in [-0.3, -0.25) is 9.59 Å². The van der Waals surface area contributed by atoms with E-state index >= 15 is 0 Å². The van der Waals surface area contributed by atoms with Gasteiger partial charge in [0.05, 0.1) is 13.5 Å². The summed E-state index contributed by atoms with van der Waals surface area (Å²) in [4.78, 5) is 29.3. The van der Waals surface area contributed by atoms with Gasteiger partial charge in [0.2, 0.25) is 11.8 Å². The number of carbonyl (C=O) groups is 2. The normalized spacial score (nSPS) is 14.4. The molecule has 4 rings (SSSR count). The Hall–Kier alpha value is -3.51. The molecular formula is C27H28ClN3O3. The van der Waals surface area contributed by atoms with Crippen LogP contribution in [0.2, 0.25) is 0 Å². The fraction of sp³-hybridized carbons (Fsp3) is 0.259. The number of alkyl halides is 1. The first-order chi connectivity index (χ1) is 16.5. The number of hydrogen-bond acceptors (Lipinski definition) is 4. The topological polar surface area (TPSA) is 61.9 Å². The smallest absolute Gasteiger partial charge is 0.246 e. The Kier molecular flexibility index (Phi) is 7.70. The lowest BCUT2D eigenvalue weighted by Crippen LogP contribution is -2.49. The monoisotopic (exact) mass is 477 g/mol. The summed E-state index contributed by atoms with van der Waals surface area (Å²) >= 11 is 6.31. The molecule has 34 heavy (non-hydrogen) atoms. The van der Waals surface area contributed by atoms with Gasteiger partial charge in [0.1, 0.15) is 11.1 Å². The van der Waals surface area contributed by atoms with Crippen LogP contribution in [-0.4, -0.2) is 50.0 Å². The number of nitrogens with one attached hydrogen (secondary N) is 1. The molecular weight excluding hydrogens is 450 g/mol. The Labute approximate surface area is 205 Å². The molecule has 0 radical (unpaired) electrons. The van der Waals surface area contributed by atoms with E-state index in [9.17, 15) is 9.59 Å². The number of carbonyl (C=O) groups excluding carboxylic acids is 2. The Morgan fingerprint density at radius 3 is 2.18 bits per heavy atom. The van der Waals surface area contributed by atoms with Gasteiger partial charge in [-0.05, 0) is 47.5 Å². The van der Waals surface area contributed by atoms with Crippen LogP contribution >= 0.6 is 11.6 Å². The van der Waals surface area contributed by atoms with Crippen molar-refractivity contribution in [3.8, 4) is 5.75 Å². The number of hydrogen-bond donors (Lipinski definition) is 1. The lowest BCUT2D eigenvalue weighted by molar-refractivity contribution is -0.130. The largest absolute Gasteiger partial charge is 0.497 e. The van der Waals surface area contributed by atoms with Gasteiger partial charge >= 0.3 is 0 Å². The maximum Gasteiger partial charge on any atom is 0.246 e. The summed E-state index contributed by atoms with van der Waals surface area (Å²) in [6.07, 6.45) is 0.392. The second kappa shape index (κ2) is 11.1. The Morgan fingerprint density at radius 1 is 0.912 bits per heavy atom. The number of methoxy groups -OCH3 is 1. The minimum Gasteiger partial charge on any atom is -0.497 e. The van der Waals surface area contributed by atoms with Gasteiger partial charge in [0, 0.05) is 37.6 Å². The molecule has 3 aromatic rings. The third-order valence-corrected chi connectivity index (χ3v) is 6.42. The molecule has 1 saturated heterocycles. The molecule has 1 N–H and O–H groups in total. The van der Waals surface area contributed by atoms with Crippen LogP contribution in [-0.2, 0) is 16.0 Å². The third kappa shape index (κ3) is 5.88. The molecule has 7 heteroatoms. The average Bonchev–Trinajstić information content (AvgIpc) is 2.89. The van der Waals surface area contributed by atoms with Gasteiger partial charge in [0.15, 0.2) is 0 Å². The average molecular weight is 478 g/mol. The minimum atomic E-state index is -0.746. The molecule has 0 bridgehead atoms. The predicted octanol–water partition coefficient (Wildman–Crippen LogP) is 4.51. The fourth-order valence-corrected chi connectivity index (χ4v) is 4.18. The van der Waals surface area contributed by atoms with Gasteiger partial charge in [-0.25, -0.2) is 0 Å². The molecule has 0 spiro atoms. The van der Waals surface area contributed by atoms with Crippen molar-refractivity contribution in [1.29, 1.82) is 0 Å². The van der Waals surface area contributed by atoms with Gasteiger partial charge in [0.25, 0.3) is 0 Å². The fourth-order valence-electron chi connectivity index (χ4n) is 3.98. The van der Waals surface area contributed by atoms with Gasteiger partial charge in [-0.15, -0.1) is 11.6 Å². The zero-order valence-electron chi connectivity index (χ0n) is 19.1. The molecule has 1 fully saturated rings. The first kappa shape index (κ1) is 23.6. The summed E-state index contributed by atoms with van der Waals surface area (Å²) in [5.41, 5.74) is 3.50. The van der Waals surface area contributed by atoms with Crippen molar-refractivity contribution in [2.24, 2.45) is 0 Å². The standard InChI is InChI=1S/C27H28ClN3O3/c1-34-24-13-7-20(8-14-24)19-25(32)31-17-15-30(16-18-31)23-11-9-22(10-12-23)29-27(33)26(28)21-5-3-2-4-6-21/h2-14,26H,15-19H2,1H3,(H,29,33). The lowest BCUT2D eigenvalue weighted by atomic mass is 10.1. The van der Waals surface area contributed by atoms with E-state index < -0.39 is 5.38 Å². The summed E-state index contributed by atoms with van der Waals surface area (Å²) in [6.45, 7) is 2.88. The van der Waals surface area contributed by atoms with Crippen LogP contribution in [0.25, 0.3) is 0 Å². The highest BCUT2D eigenvalue weighted by molar-refractivity contribution is 6.32. The van der Waals surface area contributed by atoms with Crippen molar-refractivity contribution in [2.75, 3.05) is 43.5 Å². The van der Waals surface area contributed by atoms with Crippen LogP contribution in [0.4, 0.5) is 11.4 Å². The van der Waals surface area contributed by atoms with Crippen molar-refractivity contribution in [1.82, 2.24) is 4.90 Å². The first-order valence-corrected chi connectivity index (χ1v) is 11.7. The zero-order chi connectivity index (χ0) is 23.9. The van der Waals surface area contributed by atoms with Crippen LogP contribution in [0.15, 0.2) is 78.9 Å². The summed E-state index contributed by atoms with van der Waals surface area (Å²) in [6, 6.07) is 24.6. The molecule has 1 atom stereocenters. The van der Waals surface area contributed by atoms with Crippen LogP contribution in [0.1, 0.15) is 16.5 Å². The molecule has 0 saturated carbocycles. The van der Waals surface area contributed by atoms with Crippen LogP contribution < -0.4 is 15.0 Å². The minimum absolute atomic E-state index is 0.136. The second-order valence-corrected chi connectivity index (χ2v) is 8.64. The molecule has 1 unspecified atom stereocenters. The molecule has 2 amide bonds. The van der Waals surface area contributed by atoms with Crippen LogP contribution in [0.3, 0.4) is 0 Å². The number of benzene rings is 3. The molecule has 6 nitrogen and oxygen atoms in total. The number of ether oxygens (including phenoxy) is 1. The Bertz CT molecular complexity index is 1100. The van der Waals surface area contributed by atoms with E-state index in [4.69, 9.17) is 16.3 Å². The van der Waals surface area contributed by atoms with E-state index in [1.165, 1.54) is 0 Å². The first-order valence-electron chi connectivity index (χ1n) is 11.3. The SMILES string of the molecule is COc1ccc(CC(=O)N2CCN(c3ccc(NC(=O)C(Cl)c4ccccc4)cc3)CC2)cc1. The van der Waals surface area contributed by atoms with Gasteiger partial charge in [-0.1, -0.05) is 42.5 Å². The van der Waals surface area contributed by atoms with Gasteiger partial charge < -0.3 is 19.9 Å². The third-order valence-electron chi connectivity index (χ3n) is 5.97. The molecule has 0 aliphatic carbocycles. The van der Waals surface area contributed by atoms with Crippen molar-refractivity contribution in [3.63, 3.8) is 0 Å². The molecule has 176 valence electrons. The van der Waals surface area contributed by atoms with E-state index in [1.54, 1.807) is 7.11 Å². The summed E-state index contributed by atoms with van der Waals surface area (Å²) < 4.78 is 5.17. The van der Waals surface area contributed by atoms with Crippen LogP contribution in [0.5, 0.6) is 5.75 Å². The molecule has 1 aliphatic rings. The lowest BCUT2D eigenvalue weighted by Gasteiger charge is -2.36. The van der Waals surface area contributed by atoms with Crippen molar-refractivity contribution in [2.45, 2.75) is 11.8 Å². The maximum atomic E-state index is 12.7. The summed E-state index contributed by atoms with van der Waals surface area (Å²) in [5.74, 6) is 0.663. The van der Waals surface area contributed by atoms with Crippen molar-refractivity contribution >= 4 is 34.8 Å². The Morgan fingerprint density at radius 2 is 1.56 bits per heavy atom. The van der Waals surface area contributed by atoms with E-state index in [2.05, 4.69) is 10.2 Å². The zero-order valence-corrected chi connectivity index (χ0v) is 19.9. The second-order valence-electron chi connectivity index (χ2n) is 8.20. The summed E-state index contributed by atoms with van der Waals surface area (Å²) in [7, 11) is 1.63. The van der Waals surface area contributed by atoms with Gasteiger partial charge in [-0.2, -0.15) is 0 Å². The summed E-state index contributed by atoms with van der Waals surface area (Å²) in [5, 5.41) is 2.13. The molecule has 1 aliphatic heterocycles. The number of piperazine rings is 1. The van der Waals surface area contributed by atoms with E-state index in [0.29, 0.717) is 25.2 Å². The highest BCUT2D eigenvalue weighted by Gasteiger charge is 2.22.